The predicted molar refractivity (Wildman–Crippen MR) is 65.3 cm³/mol. The molecule has 0 bridgehead atoms. The number of hydrogen-bond donors (Lipinski definition) is 0. The molecule has 1 rings (SSSR count). The summed E-state index contributed by atoms with van der Waals surface area (Å²) in [6.45, 7) is 8.88. The van der Waals surface area contributed by atoms with E-state index in [2.05, 4.69) is 19.6 Å². The Morgan fingerprint density at radius 1 is 1.20 bits per heavy atom. The van der Waals surface area contributed by atoms with Gasteiger partial charge in [0.05, 0.1) is 6.92 Å². The van der Waals surface area contributed by atoms with Crippen LogP contribution in [0.25, 0.3) is 0 Å². The highest BCUT2D eigenvalue weighted by Gasteiger charge is 2.27. The molecule has 0 heterocycles. The standard InChI is InChI=1S/C12H19O2Si/c1-11(14-15(2,3)4)13-10-12-8-6-5-7-9-12/h5-9H,10H2,1-4H3/q+1. The van der Waals surface area contributed by atoms with Crippen LogP contribution in [0.5, 0.6) is 0 Å². The zero-order valence-corrected chi connectivity index (χ0v) is 10.9. The molecule has 0 saturated heterocycles. The number of benzene rings is 1. The van der Waals surface area contributed by atoms with E-state index in [1.54, 1.807) is 0 Å². The highest BCUT2D eigenvalue weighted by atomic mass is 28.4. The highest BCUT2D eigenvalue weighted by Crippen LogP contribution is 2.04. The van der Waals surface area contributed by atoms with E-state index in [-0.39, 0.29) is 0 Å². The lowest BCUT2D eigenvalue weighted by molar-refractivity contribution is -0.483. The van der Waals surface area contributed by atoms with Crippen molar-refractivity contribution in [2.75, 3.05) is 0 Å². The second kappa shape index (κ2) is 5.12. The summed E-state index contributed by atoms with van der Waals surface area (Å²) in [5, 5.41) is 0. The van der Waals surface area contributed by atoms with Crippen LogP contribution >= 0.6 is 0 Å². The van der Waals surface area contributed by atoms with E-state index in [4.69, 9.17) is 8.85 Å². The summed E-state index contributed by atoms with van der Waals surface area (Å²) in [7, 11) is -1.52. The summed E-state index contributed by atoms with van der Waals surface area (Å²) >= 11 is 0. The van der Waals surface area contributed by atoms with Crippen LogP contribution in [-0.4, -0.2) is 14.3 Å². The predicted octanol–water partition coefficient (Wildman–Crippen LogP) is 3.12. The molecule has 3 heteroatoms. The quantitative estimate of drug-likeness (QED) is 0.569. The van der Waals surface area contributed by atoms with Crippen LogP contribution in [0.3, 0.4) is 0 Å². The van der Waals surface area contributed by atoms with Crippen molar-refractivity contribution in [3.05, 3.63) is 35.9 Å². The van der Waals surface area contributed by atoms with Crippen molar-refractivity contribution in [3.63, 3.8) is 0 Å². The molecule has 0 unspecified atom stereocenters. The Balaban J connectivity index is 2.51. The van der Waals surface area contributed by atoms with Gasteiger partial charge in [-0.05, 0) is 19.6 Å². The van der Waals surface area contributed by atoms with Gasteiger partial charge in [-0.25, -0.2) is 0 Å². The van der Waals surface area contributed by atoms with Crippen molar-refractivity contribution in [2.45, 2.75) is 33.2 Å². The lowest BCUT2D eigenvalue weighted by Crippen LogP contribution is -2.28. The van der Waals surface area contributed by atoms with Crippen LogP contribution < -0.4 is 0 Å². The molecular formula is C12H19O2Si+. The molecule has 2 nitrogen and oxygen atoms in total. The minimum atomic E-state index is -1.52. The molecular weight excluding hydrogens is 204 g/mol. The van der Waals surface area contributed by atoms with Crippen molar-refractivity contribution in [1.29, 1.82) is 0 Å². The van der Waals surface area contributed by atoms with Gasteiger partial charge in [0.25, 0.3) is 0 Å². The summed E-state index contributed by atoms with van der Waals surface area (Å²) in [5.74, 6) is 0.679. The molecule has 0 aliphatic rings. The molecule has 0 saturated carbocycles. The smallest absolute Gasteiger partial charge is 0.412 e. The highest BCUT2D eigenvalue weighted by molar-refractivity contribution is 6.71. The SMILES string of the molecule is CC(O[Si](C)(C)C)=[O+]Cc1ccccc1. The van der Waals surface area contributed by atoms with Crippen LogP contribution in [0.15, 0.2) is 30.3 Å². The Hall–Kier alpha value is -1.09. The average Bonchev–Trinajstić information content (AvgIpc) is 2.14. The Bertz CT molecular complexity index is 325. The van der Waals surface area contributed by atoms with Crippen molar-refractivity contribution >= 4 is 14.3 Å². The zero-order chi connectivity index (χ0) is 11.3. The van der Waals surface area contributed by atoms with E-state index in [1.165, 1.54) is 0 Å². The summed E-state index contributed by atoms with van der Waals surface area (Å²) < 4.78 is 11.2. The molecule has 0 aliphatic carbocycles. The van der Waals surface area contributed by atoms with Crippen LogP contribution in [0.2, 0.25) is 19.6 Å². The van der Waals surface area contributed by atoms with Crippen molar-refractivity contribution in [1.82, 2.24) is 0 Å². The van der Waals surface area contributed by atoms with Crippen LogP contribution in [-0.2, 0) is 15.5 Å². The molecule has 0 atom stereocenters. The Morgan fingerprint density at radius 3 is 2.33 bits per heavy atom. The monoisotopic (exact) mass is 223 g/mol. The van der Waals surface area contributed by atoms with Gasteiger partial charge in [-0.3, -0.25) is 0 Å². The first-order valence-electron chi connectivity index (χ1n) is 5.17. The number of rotatable bonds is 3. The molecule has 0 fully saturated rings. The first kappa shape index (κ1) is 12.0. The zero-order valence-electron chi connectivity index (χ0n) is 9.91. The number of carbonyl (C=O) groups excluding carboxylic acids is 1. The summed E-state index contributed by atoms with van der Waals surface area (Å²) in [6.07, 6.45) is 0. The van der Waals surface area contributed by atoms with Gasteiger partial charge >= 0.3 is 14.3 Å². The molecule has 0 amide bonds. The number of hydrogen-bond acceptors (Lipinski definition) is 1. The van der Waals surface area contributed by atoms with Gasteiger partial charge in [0, 0.05) is 5.56 Å². The summed E-state index contributed by atoms with van der Waals surface area (Å²) in [6, 6.07) is 10.1. The van der Waals surface area contributed by atoms with Crippen LogP contribution in [0, 0.1) is 0 Å². The third kappa shape index (κ3) is 5.37. The second-order valence-corrected chi connectivity index (χ2v) is 8.91. The van der Waals surface area contributed by atoms with Crippen molar-refractivity contribution in [3.8, 4) is 0 Å². The van der Waals surface area contributed by atoms with Gasteiger partial charge in [-0.2, -0.15) is 0 Å². The lowest BCUT2D eigenvalue weighted by Gasteiger charge is -2.06. The van der Waals surface area contributed by atoms with E-state index < -0.39 is 8.32 Å². The molecule has 0 aromatic heterocycles. The average molecular weight is 223 g/mol. The van der Waals surface area contributed by atoms with Gasteiger partial charge in [-0.1, -0.05) is 30.3 Å². The third-order valence-corrected chi connectivity index (χ3v) is 2.63. The van der Waals surface area contributed by atoms with Crippen molar-refractivity contribution < 1.29 is 8.85 Å². The van der Waals surface area contributed by atoms with Gasteiger partial charge in [0.1, 0.15) is 0 Å². The normalized spacial score (nSPS) is 12.7. The van der Waals surface area contributed by atoms with Crippen molar-refractivity contribution in [2.24, 2.45) is 0 Å². The van der Waals surface area contributed by atoms with E-state index in [1.807, 2.05) is 37.3 Å². The molecule has 1 aromatic rings. The summed E-state index contributed by atoms with van der Waals surface area (Å²) in [5.41, 5.74) is 1.16. The Kier molecular flexibility index (Phi) is 4.09. The molecule has 82 valence electrons. The van der Waals surface area contributed by atoms with E-state index in [0.29, 0.717) is 12.6 Å². The first-order valence-corrected chi connectivity index (χ1v) is 8.57. The summed E-state index contributed by atoms with van der Waals surface area (Å²) in [4.78, 5) is 0. The maximum Gasteiger partial charge on any atom is 0.459 e. The van der Waals surface area contributed by atoms with E-state index >= 15 is 0 Å². The van der Waals surface area contributed by atoms with Crippen LogP contribution in [0.4, 0.5) is 0 Å². The van der Waals surface area contributed by atoms with Gasteiger partial charge in [-0.15, -0.1) is 0 Å². The van der Waals surface area contributed by atoms with Gasteiger partial charge < -0.3 is 8.85 Å². The lowest BCUT2D eigenvalue weighted by atomic mass is 10.2. The minimum Gasteiger partial charge on any atom is -0.412 e. The fraction of sp³-hybridized carbons (Fsp3) is 0.417. The molecule has 1 aromatic carbocycles. The van der Waals surface area contributed by atoms with E-state index in [9.17, 15) is 0 Å². The molecule has 15 heavy (non-hydrogen) atoms. The Morgan fingerprint density at radius 2 is 1.80 bits per heavy atom. The van der Waals surface area contributed by atoms with Gasteiger partial charge in [0.2, 0.25) is 6.61 Å². The topological polar surface area (TPSA) is 20.5 Å². The molecule has 0 spiro atoms. The fourth-order valence-electron chi connectivity index (χ4n) is 1.22. The first-order chi connectivity index (χ1) is 6.97. The van der Waals surface area contributed by atoms with Gasteiger partial charge in [0.15, 0.2) is 0 Å². The molecule has 0 N–H and O–H groups in total. The minimum absolute atomic E-state index is 0.581. The third-order valence-electron chi connectivity index (χ3n) is 1.73. The molecule has 0 aliphatic heterocycles. The fourth-order valence-corrected chi connectivity index (χ4v) is 2.14. The largest absolute Gasteiger partial charge is 0.459 e. The maximum atomic E-state index is 5.69. The Labute approximate surface area is 92.7 Å². The van der Waals surface area contributed by atoms with Crippen LogP contribution in [0.1, 0.15) is 12.5 Å². The molecule has 0 radical (unpaired) electrons. The van der Waals surface area contributed by atoms with E-state index in [0.717, 1.165) is 5.56 Å². The second-order valence-electron chi connectivity index (χ2n) is 4.48. The maximum absolute atomic E-state index is 5.69.